The molecule has 2 heterocycles. The zero-order valence-corrected chi connectivity index (χ0v) is 15.0. The fraction of sp³-hybridized carbons (Fsp3) is 0.0952. The number of para-hydroxylation sites is 1. The number of aromatic nitrogens is 5. The quantitative estimate of drug-likeness (QED) is 0.467. The van der Waals surface area contributed by atoms with Crippen LogP contribution in [-0.2, 0) is 12.7 Å². The number of hydrogen-bond donors (Lipinski definition) is 1. The van der Waals surface area contributed by atoms with Gasteiger partial charge in [-0.3, -0.25) is 0 Å². The molecular formula is C21H14F3N5. The molecule has 0 radical (unpaired) electrons. The standard InChI is InChI=1S/C21H14F3N5/c22-21(23,24)15-8-5-13(6-9-15)12-29-18-4-2-1-3-16(18)17-11-14(7-10-19(17)29)20-25-27-28-26-20/h1-11H,12H2,(H,25,26,27,28). The van der Waals surface area contributed by atoms with Crippen LogP contribution < -0.4 is 0 Å². The number of halogens is 3. The van der Waals surface area contributed by atoms with Gasteiger partial charge in [0.1, 0.15) is 0 Å². The van der Waals surface area contributed by atoms with Crippen molar-refractivity contribution in [1.82, 2.24) is 25.2 Å². The average Bonchev–Trinajstić information content (AvgIpc) is 3.35. The molecule has 29 heavy (non-hydrogen) atoms. The first-order valence-electron chi connectivity index (χ1n) is 8.92. The number of tetrazole rings is 1. The molecule has 1 N–H and O–H groups in total. The molecule has 0 spiro atoms. The molecule has 0 aliphatic heterocycles. The number of fused-ring (bicyclic) bond motifs is 3. The number of rotatable bonds is 3. The minimum Gasteiger partial charge on any atom is -0.336 e. The number of alkyl halides is 3. The van der Waals surface area contributed by atoms with Crippen molar-refractivity contribution in [1.29, 1.82) is 0 Å². The monoisotopic (exact) mass is 393 g/mol. The van der Waals surface area contributed by atoms with E-state index >= 15 is 0 Å². The highest BCUT2D eigenvalue weighted by molar-refractivity contribution is 6.09. The molecule has 0 fully saturated rings. The number of nitrogens with one attached hydrogen (secondary N) is 1. The normalized spacial score (nSPS) is 12.1. The Morgan fingerprint density at radius 1 is 0.862 bits per heavy atom. The summed E-state index contributed by atoms with van der Waals surface area (Å²) in [6.07, 6.45) is -4.34. The van der Waals surface area contributed by atoms with Gasteiger partial charge >= 0.3 is 6.18 Å². The number of benzene rings is 3. The van der Waals surface area contributed by atoms with Gasteiger partial charge in [0.15, 0.2) is 0 Å². The van der Waals surface area contributed by atoms with Crippen LogP contribution in [0, 0.1) is 0 Å². The number of H-pyrrole nitrogens is 1. The first-order chi connectivity index (χ1) is 14.0. The van der Waals surface area contributed by atoms with Crippen LogP contribution in [0.2, 0.25) is 0 Å². The van der Waals surface area contributed by atoms with Crippen molar-refractivity contribution in [2.45, 2.75) is 12.7 Å². The van der Waals surface area contributed by atoms with Gasteiger partial charge in [0, 0.05) is 33.9 Å². The van der Waals surface area contributed by atoms with Crippen molar-refractivity contribution in [3.05, 3.63) is 77.9 Å². The first-order valence-corrected chi connectivity index (χ1v) is 8.92. The van der Waals surface area contributed by atoms with Gasteiger partial charge in [-0.05, 0) is 47.2 Å². The number of hydrogen-bond acceptors (Lipinski definition) is 3. The van der Waals surface area contributed by atoms with E-state index in [0.29, 0.717) is 12.4 Å². The van der Waals surface area contributed by atoms with Crippen LogP contribution in [0.15, 0.2) is 66.7 Å². The lowest BCUT2D eigenvalue weighted by atomic mass is 10.1. The smallest absolute Gasteiger partial charge is 0.336 e. The Morgan fingerprint density at radius 2 is 1.62 bits per heavy atom. The van der Waals surface area contributed by atoms with Gasteiger partial charge < -0.3 is 4.57 Å². The van der Waals surface area contributed by atoms with E-state index in [-0.39, 0.29) is 0 Å². The summed E-state index contributed by atoms with van der Waals surface area (Å²) in [5.74, 6) is 0.506. The van der Waals surface area contributed by atoms with Crippen molar-refractivity contribution >= 4 is 21.8 Å². The van der Waals surface area contributed by atoms with Crippen LogP contribution >= 0.6 is 0 Å². The molecule has 144 valence electrons. The molecular weight excluding hydrogens is 379 g/mol. The summed E-state index contributed by atoms with van der Waals surface area (Å²) in [5.41, 5.74) is 2.98. The minimum atomic E-state index is -4.34. The van der Waals surface area contributed by atoms with Crippen molar-refractivity contribution < 1.29 is 13.2 Å². The van der Waals surface area contributed by atoms with E-state index in [1.807, 2.05) is 42.5 Å². The fourth-order valence-corrected chi connectivity index (χ4v) is 3.63. The highest BCUT2D eigenvalue weighted by atomic mass is 19.4. The second-order valence-electron chi connectivity index (χ2n) is 6.77. The van der Waals surface area contributed by atoms with Crippen LogP contribution in [0.5, 0.6) is 0 Å². The third-order valence-corrected chi connectivity index (χ3v) is 5.00. The van der Waals surface area contributed by atoms with Crippen molar-refractivity contribution in [2.24, 2.45) is 0 Å². The lowest BCUT2D eigenvalue weighted by Crippen LogP contribution is -2.05. The van der Waals surface area contributed by atoms with Crippen molar-refractivity contribution in [3.8, 4) is 11.4 Å². The zero-order valence-electron chi connectivity index (χ0n) is 15.0. The molecule has 5 nitrogen and oxygen atoms in total. The Bertz CT molecular complexity index is 1300. The van der Waals surface area contributed by atoms with Crippen molar-refractivity contribution in [3.63, 3.8) is 0 Å². The van der Waals surface area contributed by atoms with Crippen LogP contribution in [0.3, 0.4) is 0 Å². The zero-order chi connectivity index (χ0) is 20.0. The van der Waals surface area contributed by atoms with Crippen LogP contribution in [-0.4, -0.2) is 25.2 Å². The van der Waals surface area contributed by atoms with Gasteiger partial charge in [-0.25, -0.2) is 0 Å². The fourth-order valence-electron chi connectivity index (χ4n) is 3.63. The summed E-state index contributed by atoms with van der Waals surface area (Å²) in [5, 5.41) is 16.2. The SMILES string of the molecule is FC(F)(F)c1ccc(Cn2c3ccccc3c3cc(-c4nn[nH]n4)ccc32)cc1. The van der Waals surface area contributed by atoms with E-state index < -0.39 is 11.7 Å². The maximum atomic E-state index is 12.8. The van der Waals surface area contributed by atoms with Gasteiger partial charge in [0.2, 0.25) is 5.82 Å². The highest BCUT2D eigenvalue weighted by Gasteiger charge is 2.29. The van der Waals surface area contributed by atoms with Gasteiger partial charge in [0.25, 0.3) is 0 Å². The molecule has 0 aliphatic rings. The van der Waals surface area contributed by atoms with E-state index in [0.717, 1.165) is 45.1 Å². The second kappa shape index (κ2) is 6.44. The maximum Gasteiger partial charge on any atom is 0.416 e. The molecule has 5 aromatic rings. The molecule has 0 amide bonds. The Labute approximate surface area is 162 Å². The Hall–Kier alpha value is -3.68. The summed E-state index contributed by atoms with van der Waals surface area (Å²) >= 11 is 0. The maximum absolute atomic E-state index is 12.8. The molecule has 0 saturated heterocycles. The summed E-state index contributed by atoms with van der Waals surface area (Å²) in [4.78, 5) is 0. The minimum absolute atomic E-state index is 0.462. The molecule has 2 aromatic heterocycles. The number of nitrogens with zero attached hydrogens (tertiary/aromatic N) is 4. The van der Waals surface area contributed by atoms with Gasteiger partial charge in [-0.2, -0.15) is 18.4 Å². The predicted molar refractivity (Wildman–Crippen MR) is 103 cm³/mol. The highest BCUT2D eigenvalue weighted by Crippen LogP contribution is 2.33. The molecule has 0 unspecified atom stereocenters. The van der Waals surface area contributed by atoms with Crippen LogP contribution in [0.25, 0.3) is 33.2 Å². The Morgan fingerprint density at radius 3 is 2.34 bits per heavy atom. The first kappa shape index (κ1) is 17.4. The third-order valence-electron chi connectivity index (χ3n) is 5.00. The molecule has 8 heteroatoms. The van der Waals surface area contributed by atoms with E-state index in [1.54, 1.807) is 0 Å². The molecule has 0 atom stereocenters. The molecule has 0 bridgehead atoms. The van der Waals surface area contributed by atoms with Gasteiger partial charge in [-0.1, -0.05) is 30.3 Å². The predicted octanol–water partition coefficient (Wildman–Crippen LogP) is 5.04. The molecule has 5 rings (SSSR count). The van der Waals surface area contributed by atoms with E-state index in [9.17, 15) is 13.2 Å². The second-order valence-corrected chi connectivity index (χ2v) is 6.77. The molecule has 0 aliphatic carbocycles. The lowest BCUT2D eigenvalue weighted by Gasteiger charge is -2.10. The van der Waals surface area contributed by atoms with Crippen LogP contribution in [0.4, 0.5) is 13.2 Å². The van der Waals surface area contributed by atoms with Gasteiger partial charge in [-0.15, -0.1) is 10.2 Å². The largest absolute Gasteiger partial charge is 0.416 e. The topological polar surface area (TPSA) is 59.4 Å². The Balaban J connectivity index is 1.63. The van der Waals surface area contributed by atoms with E-state index in [1.165, 1.54) is 12.1 Å². The van der Waals surface area contributed by atoms with Crippen molar-refractivity contribution in [2.75, 3.05) is 0 Å². The van der Waals surface area contributed by atoms with Gasteiger partial charge in [0.05, 0.1) is 5.56 Å². The average molecular weight is 393 g/mol. The summed E-state index contributed by atoms with van der Waals surface area (Å²) < 4.78 is 40.6. The van der Waals surface area contributed by atoms with E-state index in [4.69, 9.17) is 0 Å². The third kappa shape index (κ3) is 3.02. The van der Waals surface area contributed by atoms with E-state index in [2.05, 4.69) is 25.2 Å². The van der Waals surface area contributed by atoms with Crippen LogP contribution in [0.1, 0.15) is 11.1 Å². The molecule has 0 saturated carbocycles. The summed E-state index contributed by atoms with van der Waals surface area (Å²) in [7, 11) is 0. The summed E-state index contributed by atoms with van der Waals surface area (Å²) in [6.45, 7) is 0.462. The number of aromatic amines is 1. The molecule has 3 aromatic carbocycles. The Kier molecular flexibility index (Phi) is 3.87. The summed E-state index contributed by atoms with van der Waals surface area (Å²) in [6, 6.07) is 19.1. The lowest BCUT2D eigenvalue weighted by molar-refractivity contribution is -0.137.